The van der Waals surface area contributed by atoms with Crippen molar-refractivity contribution < 1.29 is 4.74 Å². The van der Waals surface area contributed by atoms with Crippen LogP contribution in [-0.2, 0) is 18.9 Å². The van der Waals surface area contributed by atoms with E-state index in [-0.39, 0.29) is 0 Å². The number of nitrogens with zero attached hydrogens (tertiary/aromatic N) is 3. The van der Waals surface area contributed by atoms with Crippen molar-refractivity contribution in [1.29, 1.82) is 0 Å². The molecule has 0 aliphatic rings. The SMILES string of the molecule is CCn1c(COc2ccc(Cl)cc2)nnc1SCc1ccc(C)cc1. The number of aromatic nitrogens is 3. The summed E-state index contributed by atoms with van der Waals surface area (Å²) in [6.45, 7) is 5.37. The van der Waals surface area contributed by atoms with Crippen LogP contribution in [-0.4, -0.2) is 14.8 Å². The number of rotatable bonds is 7. The Morgan fingerprint density at radius 2 is 1.76 bits per heavy atom. The molecule has 25 heavy (non-hydrogen) atoms. The maximum absolute atomic E-state index is 5.89. The molecule has 3 aromatic rings. The summed E-state index contributed by atoms with van der Waals surface area (Å²) in [5, 5.41) is 10.2. The minimum absolute atomic E-state index is 0.383. The zero-order valence-corrected chi connectivity index (χ0v) is 15.8. The fourth-order valence-electron chi connectivity index (χ4n) is 2.36. The minimum atomic E-state index is 0.383. The summed E-state index contributed by atoms with van der Waals surface area (Å²) >= 11 is 7.58. The summed E-state index contributed by atoms with van der Waals surface area (Å²) in [4.78, 5) is 0. The highest BCUT2D eigenvalue weighted by Crippen LogP contribution is 2.23. The van der Waals surface area contributed by atoms with Crippen molar-refractivity contribution in [2.24, 2.45) is 0 Å². The minimum Gasteiger partial charge on any atom is -0.486 e. The van der Waals surface area contributed by atoms with Crippen LogP contribution in [0.5, 0.6) is 5.75 Å². The summed E-state index contributed by atoms with van der Waals surface area (Å²) in [6, 6.07) is 15.9. The van der Waals surface area contributed by atoms with Crippen molar-refractivity contribution in [3.05, 3.63) is 70.5 Å². The number of halogens is 1. The van der Waals surface area contributed by atoms with Gasteiger partial charge in [0.25, 0.3) is 0 Å². The van der Waals surface area contributed by atoms with Gasteiger partial charge in [-0.15, -0.1) is 10.2 Å². The predicted molar refractivity (Wildman–Crippen MR) is 102 cm³/mol. The van der Waals surface area contributed by atoms with E-state index in [1.807, 2.05) is 24.3 Å². The van der Waals surface area contributed by atoms with Gasteiger partial charge in [0, 0.05) is 17.3 Å². The summed E-state index contributed by atoms with van der Waals surface area (Å²) in [5.74, 6) is 2.46. The lowest BCUT2D eigenvalue weighted by molar-refractivity contribution is 0.288. The van der Waals surface area contributed by atoms with Crippen molar-refractivity contribution in [3.8, 4) is 5.75 Å². The summed E-state index contributed by atoms with van der Waals surface area (Å²) in [7, 11) is 0. The molecule has 0 aliphatic heterocycles. The number of thioether (sulfide) groups is 1. The fraction of sp³-hybridized carbons (Fsp3) is 0.263. The maximum Gasteiger partial charge on any atom is 0.191 e. The average Bonchev–Trinajstić information content (AvgIpc) is 3.02. The highest BCUT2D eigenvalue weighted by atomic mass is 35.5. The van der Waals surface area contributed by atoms with Crippen LogP contribution in [0.2, 0.25) is 5.02 Å². The van der Waals surface area contributed by atoms with E-state index < -0.39 is 0 Å². The third-order valence-electron chi connectivity index (χ3n) is 3.78. The van der Waals surface area contributed by atoms with Gasteiger partial charge in [-0.25, -0.2) is 0 Å². The Morgan fingerprint density at radius 1 is 1.04 bits per heavy atom. The van der Waals surface area contributed by atoms with Crippen molar-refractivity contribution in [1.82, 2.24) is 14.8 Å². The molecule has 0 radical (unpaired) electrons. The van der Waals surface area contributed by atoms with Gasteiger partial charge in [0.2, 0.25) is 0 Å². The van der Waals surface area contributed by atoms with Gasteiger partial charge in [-0.3, -0.25) is 0 Å². The van der Waals surface area contributed by atoms with Gasteiger partial charge in [-0.2, -0.15) is 0 Å². The van der Waals surface area contributed by atoms with Crippen LogP contribution in [0, 0.1) is 6.92 Å². The first-order valence-electron chi connectivity index (χ1n) is 8.14. The molecule has 1 aromatic heterocycles. The molecular weight excluding hydrogens is 354 g/mol. The Morgan fingerprint density at radius 3 is 2.44 bits per heavy atom. The zero-order valence-electron chi connectivity index (χ0n) is 14.3. The Bertz CT molecular complexity index is 749. The van der Waals surface area contributed by atoms with Gasteiger partial charge in [0.1, 0.15) is 12.4 Å². The van der Waals surface area contributed by atoms with Gasteiger partial charge in [0.15, 0.2) is 11.0 Å². The molecule has 0 fully saturated rings. The quantitative estimate of drug-likeness (QED) is 0.538. The van der Waals surface area contributed by atoms with Crippen LogP contribution in [0.1, 0.15) is 23.9 Å². The van der Waals surface area contributed by atoms with E-state index in [1.54, 1.807) is 11.8 Å². The molecule has 0 atom stereocenters. The number of hydrogen-bond acceptors (Lipinski definition) is 4. The third kappa shape index (κ3) is 4.77. The van der Waals surface area contributed by atoms with Gasteiger partial charge < -0.3 is 9.30 Å². The molecule has 0 saturated carbocycles. The molecule has 6 heteroatoms. The van der Waals surface area contributed by atoms with Crippen molar-refractivity contribution in [3.63, 3.8) is 0 Å². The number of hydrogen-bond donors (Lipinski definition) is 0. The van der Waals surface area contributed by atoms with Crippen LogP contribution < -0.4 is 4.74 Å². The van der Waals surface area contributed by atoms with E-state index in [0.717, 1.165) is 29.0 Å². The molecule has 2 aromatic carbocycles. The van der Waals surface area contributed by atoms with E-state index in [1.165, 1.54) is 11.1 Å². The molecule has 130 valence electrons. The van der Waals surface area contributed by atoms with Crippen LogP contribution in [0.3, 0.4) is 0 Å². The first-order chi connectivity index (χ1) is 12.2. The van der Waals surface area contributed by atoms with Gasteiger partial charge in [-0.1, -0.05) is 53.2 Å². The molecular formula is C19H20ClN3OS. The second-order valence-electron chi connectivity index (χ2n) is 5.66. The van der Waals surface area contributed by atoms with Gasteiger partial charge in [0.05, 0.1) is 0 Å². The van der Waals surface area contributed by atoms with E-state index in [0.29, 0.717) is 11.6 Å². The number of ether oxygens (including phenoxy) is 1. The fourth-order valence-corrected chi connectivity index (χ4v) is 3.46. The molecule has 0 spiro atoms. The monoisotopic (exact) mass is 373 g/mol. The standard InChI is InChI=1S/C19H20ClN3OS/c1-3-23-18(12-24-17-10-8-16(20)9-11-17)21-22-19(23)25-13-15-6-4-14(2)5-7-15/h4-11H,3,12-13H2,1-2H3. The van der Waals surface area contributed by atoms with E-state index in [2.05, 4.69) is 52.9 Å². The largest absolute Gasteiger partial charge is 0.486 e. The smallest absolute Gasteiger partial charge is 0.191 e. The number of benzene rings is 2. The summed E-state index contributed by atoms with van der Waals surface area (Å²) in [6.07, 6.45) is 0. The van der Waals surface area contributed by atoms with E-state index in [9.17, 15) is 0 Å². The Balaban J connectivity index is 1.63. The van der Waals surface area contributed by atoms with Crippen LogP contribution in [0.25, 0.3) is 0 Å². The molecule has 1 heterocycles. The second-order valence-corrected chi connectivity index (χ2v) is 7.04. The summed E-state index contributed by atoms with van der Waals surface area (Å²) in [5.41, 5.74) is 2.55. The predicted octanol–water partition coefficient (Wildman–Crippen LogP) is 5.13. The topological polar surface area (TPSA) is 39.9 Å². The second kappa shape index (κ2) is 8.41. The highest BCUT2D eigenvalue weighted by molar-refractivity contribution is 7.98. The third-order valence-corrected chi connectivity index (χ3v) is 5.07. The van der Waals surface area contributed by atoms with Gasteiger partial charge >= 0.3 is 0 Å². The molecule has 4 nitrogen and oxygen atoms in total. The molecule has 0 aliphatic carbocycles. The van der Waals surface area contributed by atoms with Gasteiger partial charge in [-0.05, 0) is 43.7 Å². The van der Waals surface area contributed by atoms with E-state index in [4.69, 9.17) is 16.3 Å². The van der Waals surface area contributed by atoms with E-state index >= 15 is 0 Å². The van der Waals surface area contributed by atoms with Crippen LogP contribution in [0.15, 0.2) is 53.7 Å². The average molecular weight is 374 g/mol. The lowest BCUT2D eigenvalue weighted by Gasteiger charge is -2.09. The Hall–Kier alpha value is -1.98. The van der Waals surface area contributed by atoms with Crippen molar-refractivity contribution in [2.45, 2.75) is 37.9 Å². The Labute approximate surface area is 157 Å². The first-order valence-corrected chi connectivity index (χ1v) is 9.51. The summed E-state index contributed by atoms with van der Waals surface area (Å²) < 4.78 is 7.88. The zero-order chi connectivity index (χ0) is 17.6. The molecule has 0 N–H and O–H groups in total. The lowest BCUT2D eigenvalue weighted by Crippen LogP contribution is -2.07. The molecule has 0 saturated heterocycles. The van der Waals surface area contributed by atoms with Crippen molar-refractivity contribution in [2.75, 3.05) is 0 Å². The Kier molecular flexibility index (Phi) is 6.00. The first kappa shape index (κ1) is 17.8. The maximum atomic E-state index is 5.89. The lowest BCUT2D eigenvalue weighted by atomic mass is 10.2. The molecule has 0 unspecified atom stereocenters. The van der Waals surface area contributed by atoms with Crippen LogP contribution in [0.4, 0.5) is 0 Å². The molecule has 0 bridgehead atoms. The highest BCUT2D eigenvalue weighted by Gasteiger charge is 2.12. The molecule has 3 rings (SSSR count). The normalized spacial score (nSPS) is 10.8. The molecule has 0 amide bonds. The van der Waals surface area contributed by atoms with Crippen LogP contribution >= 0.6 is 23.4 Å². The van der Waals surface area contributed by atoms with Crippen molar-refractivity contribution >= 4 is 23.4 Å². The number of aryl methyl sites for hydroxylation is 1.